The number of fused-ring (bicyclic) bond motifs is 1. The highest BCUT2D eigenvalue weighted by Crippen LogP contribution is 2.36. The number of hydrogen-bond acceptors (Lipinski definition) is 2. The van der Waals surface area contributed by atoms with Gasteiger partial charge in [0.05, 0.1) is 11.2 Å². The molecular weight excluding hydrogens is 338 g/mol. The van der Waals surface area contributed by atoms with E-state index in [-0.39, 0.29) is 0 Å². The van der Waals surface area contributed by atoms with Crippen LogP contribution in [0, 0.1) is 6.92 Å². The minimum Gasteiger partial charge on any atom is -0.353 e. The van der Waals surface area contributed by atoms with Gasteiger partial charge in [0.15, 0.2) is 0 Å². The number of hydrogen-bond donors (Lipinski definition) is 2. The molecule has 0 saturated heterocycles. The molecule has 122 valence electrons. The third-order valence-electron chi connectivity index (χ3n) is 4.34. The highest BCUT2D eigenvalue weighted by Gasteiger charge is 2.21. The van der Waals surface area contributed by atoms with Crippen LogP contribution in [0.15, 0.2) is 58.7 Å². The van der Waals surface area contributed by atoms with Crippen LogP contribution in [-0.4, -0.2) is 21.3 Å². The van der Waals surface area contributed by atoms with E-state index < -0.39 is 10.9 Å². The molecule has 1 N–H and O–H groups in total. The highest BCUT2D eigenvalue weighted by atomic mass is 35.5. The summed E-state index contributed by atoms with van der Waals surface area (Å²) in [5.74, 6) is 1.07. The maximum absolute atomic E-state index is 6.14. The lowest BCUT2D eigenvalue weighted by Crippen LogP contribution is -2.06. The van der Waals surface area contributed by atoms with Crippen molar-refractivity contribution in [2.45, 2.75) is 13.3 Å². The third-order valence-corrected chi connectivity index (χ3v) is 6.52. The van der Waals surface area contributed by atoms with E-state index in [0.29, 0.717) is 0 Å². The van der Waals surface area contributed by atoms with Crippen molar-refractivity contribution in [2.24, 2.45) is 10.2 Å². The quantitative estimate of drug-likeness (QED) is 0.613. The Labute approximate surface area is 148 Å². The summed E-state index contributed by atoms with van der Waals surface area (Å²) in [5, 5.41) is 11.6. The van der Waals surface area contributed by atoms with Crippen molar-refractivity contribution in [3.63, 3.8) is 0 Å². The summed E-state index contributed by atoms with van der Waals surface area (Å²) in [7, 11) is -0.475. The summed E-state index contributed by atoms with van der Waals surface area (Å²) < 4.78 is 0. The summed E-state index contributed by atoms with van der Waals surface area (Å²) in [6.45, 7) is 2.12. The van der Waals surface area contributed by atoms with Crippen molar-refractivity contribution in [1.82, 2.24) is 4.98 Å². The van der Waals surface area contributed by atoms with Crippen molar-refractivity contribution in [2.75, 3.05) is 5.75 Å². The number of halogens is 1. The van der Waals surface area contributed by atoms with Crippen molar-refractivity contribution in [3.8, 4) is 0 Å². The Morgan fingerprint density at radius 1 is 1.12 bits per heavy atom. The lowest BCUT2D eigenvalue weighted by atomic mass is 10.1. The average Bonchev–Trinajstić information content (AvgIpc) is 3.19. The minimum atomic E-state index is -0.475. The topological polar surface area (TPSA) is 40.5 Å². The predicted octanol–water partition coefficient (Wildman–Crippen LogP) is 5.08. The van der Waals surface area contributed by atoms with Gasteiger partial charge in [0.2, 0.25) is 0 Å². The predicted molar refractivity (Wildman–Crippen MR) is 107 cm³/mol. The minimum absolute atomic E-state index is 0.475. The molecule has 3 aromatic rings. The Hall–Kier alpha value is -2.04. The van der Waals surface area contributed by atoms with Crippen LogP contribution < -0.4 is 0 Å². The first-order valence-electron chi connectivity index (χ1n) is 7.92. The van der Waals surface area contributed by atoms with Gasteiger partial charge in [-0.1, -0.05) is 41.9 Å². The van der Waals surface area contributed by atoms with Gasteiger partial charge in [-0.05, 0) is 48.4 Å². The fraction of sp³-hybridized carbons (Fsp3) is 0.158. The van der Waals surface area contributed by atoms with E-state index in [1.807, 2.05) is 23.7 Å². The van der Waals surface area contributed by atoms with Crippen LogP contribution in [0.5, 0.6) is 0 Å². The maximum Gasteiger partial charge on any atom is 0.128 e. The van der Waals surface area contributed by atoms with E-state index in [1.165, 1.54) is 11.1 Å². The molecule has 0 spiro atoms. The van der Waals surface area contributed by atoms with Crippen molar-refractivity contribution in [1.29, 1.82) is 0 Å². The first-order chi connectivity index (χ1) is 11.7. The van der Waals surface area contributed by atoms with Crippen LogP contribution in [0.25, 0.3) is 10.9 Å². The standard InChI is InChI=1S/C19H18ClN3S/c1-13-16-11-15(20)7-8-17(16)22-18(13)19-23-21-12-24(19)10-9-14-5-3-2-4-6-14/h2-8,11-12,22,24H,9-10H2,1H3. The summed E-state index contributed by atoms with van der Waals surface area (Å²) in [5.41, 5.74) is 6.78. The monoisotopic (exact) mass is 355 g/mol. The van der Waals surface area contributed by atoms with Crippen LogP contribution in [-0.2, 0) is 6.42 Å². The van der Waals surface area contributed by atoms with Gasteiger partial charge in [0.1, 0.15) is 5.04 Å². The third kappa shape index (κ3) is 2.87. The molecule has 2 heterocycles. The number of aromatic nitrogens is 1. The Morgan fingerprint density at radius 2 is 1.96 bits per heavy atom. The molecule has 5 heteroatoms. The van der Waals surface area contributed by atoms with E-state index in [2.05, 4.69) is 52.4 Å². The van der Waals surface area contributed by atoms with Crippen molar-refractivity contribution >= 4 is 44.0 Å². The summed E-state index contributed by atoms with van der Waals surface area (Å²) in [4.78, 5) is 3.51. The zero-order valence-corrected chi connectivity index (χ0v) is 15.0. The number of benzene rings is 2. The molecule has 24 heavy (non-hydrogen) atoms. The molecule has 3 nitrogen and oxygen atoms in total. The number of aromatic amines is 1. The largest absolute Gasteiger partial charge is 0.353 e. The number of thiol groups is 1. The van der Waals surface area contributed by atoms with Crippen molar-refractivity contribution in [3.05, 3.63) is 70.4 Å². The molecule has 0 fully saturated rings. The number of rotatable bonds is 4. The molecule has 2 aromatic carbocycles. The van der Waals surface area contributed by atoms with Gasteiger partial charge in [-0.25, -0.2) is 0 Å². The molecule has 0 bridgehead atoms. The van der Waals surface area contributed by atoms with E-state index in [4.69, 9.17) is 11.6 Å². The summed E-state index contributed by atoms with van der Waals surface area (Å²) in [6.07, 6.45) is 1.04. The molecule has 4 rings (SSSR count). The first-order valence-corrected chi connectivity index (χ1v) is 9.90. The average molecular weight is 356 g/mol. The maximum atomic E-state index is 6.14. The van der Waals surface area contributed by atoms with Crippen LogP contribution in [0.1, 0.15) is 16.8 Å². The molecule has 0 saturated carbocycles. The van der Waals surface area contributed by atoms with Gasteiger partial charge in [-0.3, -0.25) is 0 Å². The van der Waals surface area contributed by atoms with Crippen molar-refractivity contribution < 1.29 is 0 Å². The van der Waals surface area contributed by atoms with Gasteiger partial charge in [-0.2, -0.15) is 16.0 Å². The fourth-order valence-corrected chi connectivity index (χ4v) is 4.99. The Bertz CT molecular complexity index is 944. The number of nitrogens with zero attached hydrogens (tertiary/aromatic N) is 2. The first kappa shape index (κ1) is 15.5. The highest BCUT2D eigenvalue weighted by molar-refractivity contribution is 8.40. The van der Waals surface area contributed by atoms with Crippen LogP contribution in [0.3, 0.4) is 0 Å². The molecule has 1 aliphatic heterocycles. The van der Waals surface area contributed by atoms with E-state index in [0.717, 1.165) is 38.8 Å². The number of nitrogens with one attached hydrogen (secondary N) is 1. The summed E-state index contributed by atoms with van der Waals surface area (Å²) in [6, 6.07) is 16.5. The molecule has 0 aliphatic carbocycles. The second-order valence-electron chi connectivity index (χ2n) is 5.90. The van der Waals surface area contributed by atoms with E-state index in [1.54, 1.807) is 0 Å². The zero-order chi connectivity index (χ0) is 16.5. The van der Waals surface area contributed by atoms with E-state index >= 15 is 0 Å². The number of H-pyrrole nitrogens is 1. The second kappa shape index (κ2) is 6.46. The van der Waals surface area contributed by atoms with E-state index in [9.17, 15) is 0 Å². The van der Waals surface area contributed by atoms with Gasteiger partial charge in [0.25, 0.3) is 0 Å². The molecule has 1 aromatic heterocycles. The Morgan fingerprint density at radius 3 is 2.79 bits per heavy atom. The lowest BCUT2D eigenvalue weighted by Gasteiger charge is -2.14. The molecule has 0 amide bonds. The molecule has 1 atom stereocenters. The summed E-state index contributed by atoms with van der Waals surface area (Å²) >= 11 is 6.14. The smallest absolute Gasteiger partial charge is 0.128 e. The molecule has 0 radical (unpaired) electrons. The van der Waals surface area contributed by atoms with Gasteiger partial charge in [-0.15, -0.1) is 5.10 Å². The second-order valence-corrected chi connectivity index (χ2v) is 8.38. The van der Waals surface area contributed by atoms with Crippen LogP contribution in [0.4, 0.5) is 0 Å². The van der Waals surface area contributed by atoms with Gasteiger partial charge in [0, 0.05) is 15.9 Å². The Balaban J connectivity index is 1.60. The lowest BCUT2D eigenvalue weighted by molar-refractivity contribution is 1.16. The molecule has 1 unspecified atom stereocenters. The normalized spacial score (nSPS) is 18.2. The molecular formula is C19H18ClN3S. The van der Waals surface area contributed by atoms with Crippen LogP contribution in [0.2, 0.25) is 5.02 Å². The zero-order valence-electron chi connectivity index (χ0n) is 13.3. The Kier molecular flexibility index (Phi) is 4.17. The van der Waals surface area contributed by atoms with Gasteiger partial charge < -0.3 is 4.98 Å². The van der Waals surface area contributed by atoms with Gasteiger partial charge >= 0.3 is 0 Å². The fourth-order valence-electron chi connectivity index (χ4n) is 3.03. The molecule has 1 aliphatic rings. The number of aryl methyl sites for hydroxylation is 2. The van der Waals surface area contributed by atoms with Crippen LogP contribution >= 0.6 is 22.5 Å². The SMILES string of the molecule is Cc1c(C2=NN=C[SH]2CCc2ccccc2)[nH]c2ccc(Cl)cc12.